The lowest BCUT2D eigenvalue weighted by Crippen LogP contribution is -2.29. The zero-order valence-electron chi connectivity index (χ0n) is 10.2. The lowest BCUT2D eigenvalue weighted by molar-refractivity contribution is 0.568. The topological polar surface area (TPSA) is 12.0 Å². The molecule has 0 unspecified atom stereocenters. The predicted molar refractivity (Wildman–Crippen MR) is 67.0 cm³/mol. The highest BCUT2D eigenvalue weighted by atomic mass is 14.9. The second-order valence-corrected chi connectivity index (χ2v) is 4.50. The van der Waals surface area contributed by atoms with E-state index in [1.165, 1.54) is 11.1 Å². The fourth-order valence-electron chi connectivity index (χ4n) is 1.58. The van der Waals surface area contributed by atoms with E-state index in [4.69, 9.17) is 0 Å². The van der Waals surface area contributed by atoms with Gasteiger partial charge in [0, 0.05) is 17.7 Å². The van der Waals surface area contributed by atoms with Crippen LogP contribution in [0.2, 0.25) is 0 Å². The molecule has 82 valence electrons. The average molecular weight is 203 g/mol. The van der Waals surface area contributed by atoms with Crippen molar-refractivity contribution in [3.05, 3.63) is 47.7 Å². The quantitative estimate of drug-likeness (QED) is 0.791. The summed E-state index contributed by atoms with van der Waals surface area (Å²) in [6, 6.07) is 8.66. The first-order chi connectivity index (χ1) is 6.98. The van der Waals surface area contributed by atoms with E-state index >= 15 is 0 Å². The fraction of sp³-hybridized carbons (Fsp3) is 0.429. The van der Waals surface area contributed by atoms with Gasteiger partial charge in [-0.15, -0.1) is 0 Å². The minimum atomic E-state index is -0.0102. The molecule has 0 aliphatic heterocycles. The Morgan fingerprint density at radius 3 is 2.27 bits per heavy atom. The van der Waals surface area contributed by atoms with Crippen LogP contribution in [0.3, 0.4) is 0 Å². The largest absolute Gasteiger partial charge is 0.388 e. The van der Waals surface area contributed by atoms with Gasteiger partial charge in [0.25, 0.3) is 0 Å². The summed E-state index contributed by atoms with van der Waals surface area (Å²) in [6.07, 6.45) is 0. The van der Waals surface area contributed by atoms with Crippen LogP contribution in [0.4, 0.5) is 0 Å². The number of hydrogen-bond acceptors (Lipinski definition) is 1. The molecule has 1 aromatic carbocycles. The number of likely N-dealkylation sites (N-methyl/N-ethyl adjacent to an activating group) is 1. The average Bonchev–Trinajstić information content (AvgIpc) is 2.18. The van der Waals surface area contributed by atoms with Crippen LogP contribution in [0.15, 0.2) is 36.5 Å². The second kappa shape index (κ2) is 4.52. The highest BCUT2D eigenvalue weighted by Gasteiger charge is 2.23. The summed E-state index contributed by atoms with van der Waals surface area (Å²) in [5.41, 5.74) is 3.67. The molecule has 0 spiro atoms. The van der Waals surface area contributed by atoms with E-state index in [0.717, 1.165) is 12.2 Å². The van der Waals surface area contributed by atoms with Gasteiger partial charge in [0.1, 0.15) is 0 Å². The van der Waals surface area contributed by atoms with Crippen molar-refractivity contribution >= 4 is 0 Å². The zero-order chi connectivity index (χ0) is 11.5. The number of aryl methyl sites for hydroxylation is 1. The molecule has 0 aromatic heterocycles. The minimum Gasteiger partial charge on any atom is -0.388 e. The van der Waals surface area contributed by atoms with E-state index in [2.05, 4.69) is 63.9 Å². The molecule has 0 bridgehead atoms. The van der Waals surface area contributed by atoms with Crippen molar-refractivity contribution in [1.82, 2.24) is 5.32 Å². The van der Waals surface area contributed by atoms with Crippen molar-refractivity contribution in [3.63, 3.8) is 0 Å². The molecular weight excluding hydrogens is 182 g/mol. The molecule has 0 amide bonds. The van der Waals surface area contributed by atoms with E-state index in [-0.39, 0.29) is 5.41 Å². The van der Waals surface area contributed by atoms with Crippen LogP contribution in [0, 0.1) is 6.92 Å². The van der Waals surface area contributed by atoms with Gasteiger partial charge >= 0.3 is 0 Å². The second-order valence-electron chi connectivity index (χ2n) is 4.50. The van der Waals surface area contributed by atoms with Crippen molar-refractivity contribution in [2.75, 3.05) is 6.54 Å². The number of benzene rings is 1. The molecule has 1 N–H and O–H groups in total. The summed E-state index contributed by atoms with van der Waals surface area (Å²) < 4.78 is 0. The molecule has 0 aliphatic rings. The van der Waals surface area contributed by atoms with Gasteiger partial charge in [-0.1, -0.05) is 50.3 Å². The summed E-state index contributed by atoms with van der Waals surface area (Å²) in [4.78, 5) is 0. The Morgan fingerprint density at radius 1 is 1.27 bits per heavy atom. The lowest BCUT2D eigenvalue weighted by atomic mass is 9.81. The maximum Gasteiger partial charge on any atom is 0.0287 e. The van der Waals surface area contributed by atoms with Gasteiger partial charge in [0.05, 0.1) is 0 Å². The zero-order valence-corrected chi connectivity index (χ0v) is 10.2. The van der Waals surface area contributed by atoms with Gasteiger partial charge in [-0.2, -0.15) is 0 Å². The smallest absolute Gasteiger partial charge is 0.0287 e. The minimum absolute atomic E-state index is 0.0102. The standard InChI is InChI=1S/C14H21N/c1-6-15-12(3)14(4,5)13-9-7-11(2)8-10-13/h7-10,15H,3,6H2,1-2,4-5H3. The third kappa shape index (κ3) is 2.62. The third-order valence-corrected chi connectivity index (χ3v) is 2.92. The molecule has 1 aromatic rings. The van der Waals surface area contributed by atoms with Crippen molar-refractivity contribution in [2.45, 2.75) is 33.1 Å². The van der Waals surface area contributed by atoms with Crippen molar-refractivity contribution in [3.8, 4) is 0 Å². The summed E-state index contributed by atoms with van der Waals surface area (Å²) >= 11 is 0. The van der Waals surface area contributed by atoms with Crippen LogP contribution in [0.5, 0.6) is 0 Å². The van der Waals surface area contributed by atoms with E-state index in [1.807, 2.05) is 0 Å². The van der Waals surface area contributed by atoms with Crippen molar-refractivity contribution in [1.29, 1.82) is 0 Å². The summed E-state index contributed by atoms with van der Waals surface area (Å²) in [5, 5.41) is 3.30. The number of allylic oxidation sites excluding steroid dienone is 1. The third-order valence-electron chi connectivity index (χ3n) is 2.92. The molecule has 1 nitrogen and oxygen atoms in total. The van der Waals surface area contributed by atoms with Gasteiger partial charge in [-0.25, -0.2) is 0 Å². The first kappa shape index (κ1) is 11.8. The van der Waals surface area contributed by atoms with E-state index < -0.39 is 0 Å². The molecule has 15 heavy (non-hydrogen) atoms. The normalized spacial score (nSPS) is 11.2. The Labute approximate surface area is 93.2 Å². The van der Waals surface area contributed by atoms with E-state index in [9.17, 15) is 0 Å². The Kier molecular flexibility index (Phi) is 3.57. The first-order valence-corrected chi connectivity index (χ1v) is 5.49. The van der Waals surface area contributed by atoms with Gasteiger partial charge < -0.3 is 5.32 Å². The van der Waals surface area contributed by atoms with Crippen molar-refractivity contribution in [2.24, 2.45) is 0 Å². The molecule has 0 saturated carbocycles. The van der Waals surface area contributed by atoms with Crippen LogP contribution in [-0.4, -0.2) is 6.54 Å². The molecule has 0 heterocycles. The number of nitrogens with one attached hydrogen (secondary N) is 1. The van der Waals surface area contributed by atoms with E-state index in [0.29, 0.717) is 0 Å². The van der Waals surface area contributed by atoms with Gasteiger partial charge in [-0.3, -0.25) is 0 Å². The summed E-state index contributed by atoms with van der Waals surface area (Å²) in [5.74, 6) is 0. The van der Waals surface area contributed by atoms with Crippen LogP contribution >= 0.6 is 0 Å². The molecule has 0 radical (unpaired) electrons. The Hall–Kier alpha value is -1.24. The summed E-state index contributed by atoms with van der Waals surface area (Å²) in [6.45, 7) is 13.6. The van der Waals surface area contributed by atoms with Crippen LogP contribution in [0.25, 0.3) is 0 Å². The summed E-state index contributed by atoms with van der Waals surface area (Å²) in [7, 11) is 0. The predicted octanol–water partition coefficient (Wildman–Crippen LogP) is 3.40. The molecule has 1 rings (SSSR count). The molecule has 0 atom stereocenters. The van der Waals surface area contributed by atoms with E-state index in [1.54, 1.807) is 0 Å². The van der Waals surface area contributed by atoms with Gasteiger partial charge in [-0.05, 0) is 19.4 Å². The highest BCUT2D eigenvalue weighted by Crippen LogP contribution is 2.28. The van der Waals surface area contributed by atoms with Gasteiger partial charge in [0.15, 0.2) is 0 Å². The number of rotatable bonds is 4. The van der Waals surface area contributed by atoms with Crippen molar-refractivity contribution < 1.29 is 0 Å². The van der Waals surface area contributed by atoms with Crippen LogP contribution in [-0.2, 0) is 5.41 Å². The van der Waals surface area contributed by atoms with Crippen LogP contribution < -0.4 is 5.32 Å². The number of hydrogen-bond donors (Lipinski definition) is 1. The fourth-order valence-corrected chi connectivity index (χ4v) is 1.58. The molecule has 0 aliphatic carbocycles. The highest BCUT2D eigenvalue weighted by molar-refractivity contribution is 5.34. The molecule has 0 fully saturated rings. The Balaban J connectivity index is 2.94. The van der Waals surface area contributed by atoms with Crippen LogP contribution in [0.1, 0.15) is 31.9 Å². The SMILES string of the molecule is C=C(NCC)C(C)(C)c1ccc(C)cc1. The molecule has 1 heteroatoms. The maximum absolute atomic E-state index is 4.10. The Morgan fingerprint density at radius 2 is 1.80 bits per heavy atom. The first-order valence-electron chi connectivity index (χ1n) is 5.49. The molecule has 0 saturated heterocycles. The Bertz CT molecular complexity index is 333. The lowest BCUT2D eigenvalue weighted by Gasteiger charge is -2.28. The molecular formula is C14H21N. The monoisotopic (exact) mass is 203 g/mol. The maximum atomic E-state index is 4.10. The van der Waals surface area contributed by atoms with Gasteiger partial charge in [0.2, 0.25) is 0 Å².